The zero-order valence-corrected chi connectivity index (χ0v) is 19.1. The molecule has 162 valence electrons. The molecule has 4 rings (SSSR count). The Morgan fingerprint density at radius 2 is 1.71 bits per heavy atom. The molecule has 1 aromatic heterocycles. The third kappa shape index (κ3) is 5.54. The van der Waals surface area contributed by atoms with Crippen LogP contribution < -0.4 is 0 Å². The molecule has 0 saturated carbocycles. The molecule has 0 N–H and O–H groups in total. The summed E-state index contributed by atoms with van der Waals surface area (Å²) in [6, 6.07) is 16.6. The molecule has 1 saturated heterocycles. The number of nitrogens with zero attached hydrogens (tertiary/aromatic N) is 4. The normalized spacial score (nSPS) is 15.8. The first kappa shape index (κ1) is 21.6. The summed E-state index contributed by atoms with van der Waals surface area (Å²) in [7, 11) is 0. The van der Waals surface area contributed by atoms with E-state index < -0.39 is 0 Å². The second-order valence-electron chi connectivity index (χ2n) is 8.10. The maximum atomic E-state index is 12.9. The Kier molecular flexibility index (Phi) is 6.73. The van der Waals surface area contributed by atoms with Crippen LogP contribution in [0.15, 0.2) is 58.2 Å². The van der Waals surface area contributed by atoms with Crippen molar-refractivity contribution < 1.29 is 9.21 Å². The monoisotopic (exact) mass is 436 g/mol. The molecule has 3 aromatic rings. The zero-order chi connectivity index (χ0) is 21.8. The van der Waals surface area contributed by atoms with Crippen molar-refractivity contribution in [2.45, 2.75) is 37.8 Å². The molecule has 31 heavy (non-hydrogen) atoms. The van der Waals surface area contributed by atoms with Gasteiger partial charge in [0.2, 0.25) is 11.8 Å². The third-order valence-corrected chi connectivity index (χ3v) is 6.36. The Morgan fingerprint density at radius 3 is 2.39 bits per heavy atom. The van der Waals surface area contributed by atoms with Crippen molar-refractivity contribution in [3.63, 3.8) is 0 Å². The minimum Gasteiger partial charge on any atom is -0.411 e. The Balaban J connectivity index is 1.31. The highest BCUT2D eigenvalue weighted by molar-refractivity contribution is 8.00. The van der Waals surface area contributed by atoms with E-state index in [4.69, 9.17) is 4.42 Å². The van der Waals surface area contributed by atoms with Crippen LogP contribution in [-0.4, -0.2) is 57.3 Å². The summed E-state index contributed by atoms with van der Waals surface area (Å²) >= 11 is 1.33. The molecule has 1 fully saturated rings. The Hall–Kier alpha value is -2.64. The van der Waals surface area contributed by atoms with Crippen LogP contribution in [-0.2, 0) is 11.3 Å². The van der Waals surface area contributed by atoms with Gasteiger partial charge >= 0.3 is 0 Å². The number of benzene rings is 2. The van der Waals surface area contributed by atoms with E-state index in [1.54, 1.807) is 0 Å². The number of amides is 1. The SMILES string of the molecule is Cc1cc(C)cc(-c2nnc(S[C@@H](C)C(=O)N3CCN(Cc4ccccc4)CC3)o2)c1. The third-order valence-electron chi connectivity index (χ3n) is 5.43. The van der Waals surface area contributed by atoms with Gasteiger partial charge in [0.05, 0.1) is 5.25 Å². The number of rotatable bonds is 6. The first-order valence-electron chi connectivity index (χ1n) is 10.6. The summed E-state index contributed by atoms with van der Waals surface area (Å²) in [5.41, 5.74) is 4.52. The van der Waals surface area contributed by atoms with Crippen molar-refractivity contribution in [1.29, 1.82) is 0 Å². The Morgan fingerprint density at radius 1 is 1.03 bits per heavy atom. The van der Waals surface area contributed by atoms with Gasteiger partial charge in [0, 0.05) is 38.3 Å². The summed E-state index contributed by atoms with van der Waals surface area (Å²) in [6.07, 6.45) is 0. The predicted molar refractivity (Wildman–Crippen MR) is 123 cm³/mol. The molecule has 1 aliphatic rings. The smallest absolute Gasteiger partial charge is 0.277 e. The van der Waals surface area contributed by atoms with Gasteiger partial charge in [-0.1, -0.05) is 59.3 Å². The van der Waals surface area contributed by atoms with E-state index in [0.717, 1.165) is 49.4 Å². The first-order valence-corrected chi connectivity index (χ1v) is 11.5. The molecule has 0 radical (unpaired) electrons. The fourth-order valence-corrected chi connectivity index (χ4v) is 4.67. The van der Waals surface area contributed by atoms with Crippen LogP contribution in [0.5, 0.6) is 0 Å². The lowest BCUT2D eigenvalue weighted by Gasteiger charge is -2.35. The topological polar surface area (TPSA) is 62.5 Å². The quantitative estimate of drug-likeness (QED) is 0.540. The van der Waals surface area contributed by atoms with Crippen LogP contribution in [0.2, 0.25) is 0 Å². The molecule has 0 aliphatic carbocycles. The molecule has 2 aromatic carbocycles. The Bertz CT molecular complexity index is 1010. The molecular formula is C24H28N4O2S. The van der Waals surface area contributed by atoms with E-state index in [0.29, 0.717) is 11.1 Å². The van der Waals surface area contributed by atoms with E-state index in [1.807, 2.05) is 43.9 Å². The van der Waals surface area contributed by atoms with Gasteiger partial charge in [-0.3, -0.25) is 9.69 Å². The van der Waals surface area contributed by atoms with Crippen LogP contribution >= 0.6 is 11.8 Å². The van der Waals surface area contributed by atoms with Gasteiger partial charge in [0.1, 0.15) is 0 Å². The number of hydrogen-bond acceptors (Lipinski definition) is 6. The standard InChI is InChI=1S/C24H28N4O2S/c1-17-13-18(2)15-21(14-17)22-25-26-24(30-22)31-19(3)23(29)28-11-9-27(10-12-28)16-20-7-5-4-6-8-20/h4-8,13-15,19H,9-12,16H2,1-3H3/t19-/m0/s1. The molecule has 2 heterocycles. The molecule has 6 nitrogen and oxygen atoms in total. The fraction of sp³-hybridized carbons (Fsp3) is 0.375. The van der Waals surface area contributed by atoms with Gasteiger partial charge in [-0.2, -0.15) is 0 Å². The van der Waals surface area contributed by atoms with Crippen molar-refractivity contribution >= 4 is 17.7 Å². The van der Waals surface area contributed by atoms with Crippen molar-refractivity contribution in [1.82, 2.24) is 20.0 Å². The van der Waals surface area contributed by atoms with Crippen molar-refractivity contribution in [2.75, 3.05) is 26.2 Å². The first-order chi connectivity index (χ1) is 15.0. The highest BCUT2D eigenvalue weighted by atomic mass is 32.2. The summed E-state index contributed by atoms with van der Waals surface area (Å²) in [4.78, 5) is 17.3. The lowest BCUT2D eigenvalue weighted by Crippen LogP contribution is -2.50. The van der Waals surface area contributed by atoms with Gasteiger partial charge in [0.25, 0.3) is 5.22 Å². The van der Waals surface area contributed by atoms with Gasteiger partial charge < -0.3 is 9.32 Å². The molecule has 0 unspecified atom stereocenters. The molecule has 0 bridgehead atoms. The van der Waals surface area contributed by atoms with E-state index in [1.165, 1.54) is 17.3 Å². The van der Waals surface area contributed by atoms with Crippen LogP contribution in [0.25, 0.3) is 11.5 Å². The second kappa shape index (κ2) is 9.66. The van der Waals surface area contributed by atoms with Gasteiger partial charge in [-0.15, -0.1) is 10.2 Å². The largest absolute Gasteiger partial charge is 0.411 e. The minimum atomic E-state index is -0.270. The summed E-state index contributed by atoms with van der Waals surface area (Å²) in [6.45, 7) is 10.2. The van der Waals surface area contributed by atoms with Gasteiger partial charge in [0.15, 0.2) is 0 Å². The van der Waals surface area contributed by atoms with Crippen LogP contribution in [0.3, 0.4) is 0 Å². The summed E-state index contributed by atoms with van der Waals surface area (Å²) in [5.74, 6) is 0.610. The number of thioether (sulfide) groups is 1. The maximum Gasteiger partial charge on any atom is 0.277 e. The van der Waals surface area contributed by atoms with Crippen LogP contribution in [0, 0.1) is 13.8 Å². The molecule has 1 atom stereocenters. The number of piperazine rings is 1. The van der Waals surface area contributed by atoms with Crippen LogP contribution in [0.4, 0.5) is 0 Å². The molecule has 7 heteroatoms. The number of hydrogen-bond donors (Lipinski definition) is 0. The number of carbonyl (C=O) groups is 1. The van der Waals surface area contributed by atoms with Gasteiger partial charge in [-0.05, 0) is 38.5 Å². The highest BCUT2D eigenvalue weighted by Crippen LogP contribution is 2.28. The highest BCUT2D eigenvalue weighted by Gasteiger charge is 2.27. The molecule has 0 spiro atoms. The van der Waals surface area contributed by atoms with E-state index in [-0.39, 0.29) is 11.2 Å². The molecular weight excluding hydrogens is 408 g/mol. The van der Waals surface area contributed by atoms with E-state index in [9.17, 15) is 4.79 Å². The average Bonchev–Trinajstić information content (AvgIpc) is 3.22. The minimum absolute atomic E-state index is 0.121. The zero-order valence-electron chi connectivity index (χ0n) is 18.2. The van der Waals surface area contributed by atoms with Crippen molar-refractivity contribution in [2.24, 2.45) is 0 Å². The second-order valence-corrected chi connectivity index (χ2v) is 9.39. The Labute approximate surface area is 187 Å². The van der Waals surface area contributed by atoms with Gasteiger partial charge in [-0.25, -0.2) is 0 Å². The summed E-state index contributed by atoms with van der Waals surface area (Å²) < 4.78 is 5.83. The average molecular weight is 437 g/mol. The number of carbonyl (C=O) groups excluding carboxylic acids is 1. The predicted octanol–water partition coefficient (Wildman–Crippen LogP) is 4.18. The van der Waals surface area contributed by atoms with E-state index in [2.05, 4.69) is 45.4 Å². The summed E-state index contributed by atoms with van der Waals surface area (Å²) in [5, 5.41) is 8.48. The van der Waals surface area contributed by atoms with Crippen molar-refractivity contribution in [3.8, 4) is 11.5 Å². The van der Waals surface area contributed by atoms with Crippen molar-refractivity contribution in [3.05, 3.63) is 65.2 Å². The van der Waals surface area contributed by atoms with E-state index >= 15 is 0 Å². The fourth-order valence-electron chi connectivity index (χ4n) is 3.90. The number of aromatic nitrogens is 2. The van der Waals surface area contributed by atoms with Crippen LogP contribution in [0.1, 0.15) is 23.6 Å². The lowest BCUT2D eigenvalue weighted by molar-refractivity contribution is -0.132. The molecule has 1 amide bonds. The lowest BCUT2D eigenvalue weighted by atomic mass is 10.1. The maximum absolute atomic E-state index is 12.9. The number of aryl methyl sites for hydroxylation is 2. The molecule has 1 aliphatic heterocycles.